The van der Waals surface area contributed by atoms with Crippen LogP contribution in [0.15, 0.2) is 64.5 Å². The Kier molecular flexibility index (Phi) is 7.51. The molecule has 1 aromatic carbocycles. The topological polar surface area (TPSA) is 121 Å². The van der Waals surface area contributed by atoms with Gasteiger partial charge < -0.3 is 15.0 Å². The van der Waals surface area contributed by atoms with Crippen LogP contribution in [0.1, 0.15) is 31.2 Å². The Hall–Kier alpha value is -3.57. The average molecular weight is 515 g/mol. The molecule has 190 valence electrons. The number of aromatic nitrogens is 2. The number of rotatable bonds is 7. The number of hydrogen-bond acceptors (Lipinski definition) is 7. The fraction of sp³-hybridized carbons (Fsp3) is 0.320. The van der Waals surface area contributed by atoms with Gasteiger partial charge in [0.1, 0.15) is 28.0 Å². The molecule has 1 amide bonds. The van der Waals surface area contributed by atoms with Gasteiger partial charge in [-0.05, 0) is 80.3 Å². The third kappa shape index (κ3) is 6.16. The zero-order valence-electron chi connectivity index (χ0n) is 19.9. The maximum absolute atomic E-state index is 13.0. The van der Waals surface area contributed by atoms with Crippen molar-refractivity contribution in [3.63, 3.8) is 0 Å². The number of benzene rings is 1. The van der Waals surface area contributed by atoms with Crippen LogP contribution in [0.3, 0.4) is 0 Å². The van der Waals surface area contributed by atoms with E-state index in [2.05, 4.69) is 15.3 Å². The lowest BCUT2D eigenvalue weighted by Crippen LogP contribution is -2.46. The summed E-state index contributed by atoms with van der Waals surface area (Å²) in [5.74, 6) is 0.673. The molecule has 3 heterocycles. The van der Waals surface area contributed by atoms with E-state index in [0.29, 0.717) is 30.4 Å². The number of nitrogens with one attached hydrogen (secondary N) is 2. The van der Waals surface area contributed by atoms with Crippen LogP contribution in [0.25, 0.3) is 0 Å². The lowest BCUT2D eigenvalue weighted by molar-refractivity contribution is -0.121. The van der Waals surface area contributed by atoms with Crippen LogP contribution in [0, 0.1) is 5.82 Å². The van der Waals surface area contributed by atoms with Crippen molar-refractivity contribution in [2.45, 2.75) is 36.6 Å². The molecule has 36 heavy (non-hydrogen) atoms. The first-order valence-corrected chi connectivity index (χ1v) is 13.4. The minimum absolute atomic E-state index is 0.0210. The van der Waals surface area contributed by atoms with Gasteiger partial charge in [-0.25, -0.2) is 17.8 Å². The van der Waals surface area contributed by atoms with E-state index in [1.807, 2.05) is 4.90 Å². The first-order chi connectivity index (χ1) is 17.1. The number of likely N-dealkylation sites (tertiary alicyclic amines) is 1. The molecule has 0 saturated carbocycles. The lowest BCUT2D eigenvalue weighted by atomic mass is 9.91. The molecule has 2 aromatic heterocycles. The summed E-state index contributed by atoms with van der Waals surface area (Å²) in [6, 6.07) is 9.87. The highest BCUT2D eigenvalue weighted by molar-refractivity contribution is 7.90. The van der Waals surface area contributed by atoms with E-state index >= 15 is 0 Å². The van der Waals surface area contributed by atoms with Crippen LogP contribution in [0.2, 0.25) is 0 Å². The molecule has 11 heteroatoms. The number of piperidine rings is 1. The average Bonchev–Trinajstić information content (AvgIpc) is 2.86. The Labute approximate surface area is 208 Å². The Morgan fingerprint density at radius 2 is 1.94 bits per heavy atom. The molecule has 2 unspecified atom stereocenters. The monoisotopic (exact) mass is 514 g/mol. The second-order valence-corrected chi connectivity index (χ2v) is 10.8. The number of sulfone groups is 1. The first kappa shape index (κ1) is 25.5. The van der Waals surface area contributed by atoms with E-state index in [-0.39, 0.29) is 22.5 Å². The summed E-state index contributed by atoms with van der Waals surface area (Å²) in [7, 11) is -3.65. The minimum Gasteiger partial charge on any atom is -0.456 e. The number of H-pyrrole nitrogens is 1. The number of nitrogens with zero attached hydrogens (tertiary/aromatic N) is 2. The SMILES string of the molecule is CC(C(=O)Nc1ccc(Oc2ccc(F)cc2)cn1)N1CCCC(c2c[nH]c(=O)c(S(C)(=O)=O)c2)C1. The summed E-state index contributed by atoms with van der Waals surface area (Å²) in [5.41, 5.74) is 0.0917. The molecular formula is C25H27FN4O5S. The first-order valence-electron chi connectivity index (χ1n) is 11.5. The summed E-state index contributed by atoms with van der Waals surface area (Å²) in [5, 5.41) is 2.80. The molecule has 0 radical (unpaired) electrons. The molecule has 1 aliphatic rings. The summed E-state index contributed by atoms with van der Waals surface area (Å²) >= 11 is 0. The van der Waals surface area contributed by atoms with Crippen molar-refractivity contribution in [3.05, 3.63) is 76.6 Å². The van der Waals surface area contributed by atoms with Crippen molar-refractivity contribution in [1.82, 2.24) is 14.9 Å². The van der Waals surface area contributed by atoms with Crippen LogP contribution in [0.4, 0.5) is 10.2 Å². The van der Waals surface area contributed by atoms with Gasteiger partial charge in [0.15, 0.2) is 9.84 Å². The van der Waals surface area contributed by atoms with Crippen LogP contribution in [-0.4, -0.2) is 54.6 Å². The van der Waals surface area contributed by atoms with Crippen molar-refractivity contribution in [3.8, 4) is 11.5 Å². The second kappa shape index (κ2) is 10.6. The second-order valence-electron chi connectivity index (χ2n) is 8.83. The van der Waals surface area contributed by atoms with Crippen molar-refractivity contribution in [2.24, 2.45) is 0 Å². The Morgan fingerprint density at radius 3 is 2.61 bits per heavy atom. The normalized spacial score (nSPS) is 17.4. The number of carbonyl (C=O) groups excluding carboxylic acids is 1. The number of carbonyl (C=O) groups is 1. The molecule has 2 atom stereocenters. The number of anilines is 1. The number of pyridine rings is 2. The highest BCUT2D eigenvalue weighted by Gasteiger charge is 2.29. The van der Waals surface area contributed by atoms with Gasteiger partial charge in [-0.2, -0.15) is 0 Å². The van der Waals surface area contributed by atoms with Crippen molar-refractivity contribution < 1.29 is 22.3 Å². The van der Waals surface area contributed by atoms with Crippen LogP contribution in [0.5, 0.6) is 11.5 Å². The van der Waals surface area contributed by atoms with Gasteiger partial charge in [-0.3, -0.25) is 14.5 Å². The number of ether oxygens (including phenoxy) is 1. The highest BCUT2D eigenvalue weighted by atomic mass is 32.2. The van der Waals surface area contributed by atoms with Gasteiger partial charge in [0.05, 0.1) is 12.2 Å². The molecule has 9 nitrogen and oxygen atoms in total. The van der Waals surface area contributed by atoms with Crippen molar-refractivity contribution >= 4 is 21.6 Å². The standard InChI is InChI=1S/C25H27FN4O5S/c1-16(24(31)29-23-10-9-21(14-27-23)35-20-7-5-19(26)6-8-20)30-11-3-4-17(15-30)18-12-22(36(2,33)34)25(32)28-13-18/h5-10,12-14,16-17H,3-4,11,15H2,1-2H3,(H,28,32)(H,27,29,31). The summed E-state index contributed by atoms with van der Waals surface area (Å²) in [6.07, 6.45) is 5.67. The Balaban J connectivity index is 1.38. The summed E-state index contributed by atoms with van der Waals surface area (Å²) in [4.78, 5) is 33.4. The maximum atomic E-state index is 13.0. The smallest absolute Gasteiger partial charge is 0.266 e. The third-order valence-electron chi connectivity index (χ3n) is 6.18. The Bertz CT molecular complexity index is 1390. The molecule has 2 N–H and O–H groups in total. The predicted octanol–water partition coefficient (Wildman–Crippen LogP) is 3.31. The van der Waals surface area contributed by atoms with Gasteiger partial charge >= 0.3 is 0 Å². The van der Waals surface area contributed by atoms with Gasteiger partial charge in [0.25, 0.3) is 5.56 Å². The van der Waals surface area contributed by atoms with Gasteiger partial charge in [-0.1, -0.05) is 0 Å². The number of hydrogen-bond donors (Lipinski definition) is 2. The molecule has 1 fully saturated rings. The van der Waals surface area contributed by atoms with E-state index in [1.54, 1.807) is 25.3 Å². The van der Waals surface area contributed by atoms with E-state index in [0.717, 1.165) is 24.7 Å². The molecule has 4 rings (SSSR count). The minimum atomic E-state index is -3.65. The molecule has 1 saturated heterocycles. The molecular weight excluding hydrogens is 487 g/mol. The predicted molar refractivity (Wildman–Crippen MR) is 133 cm³/mol. The third-order valence-corrected chi connectivity index (χ3v) is 7.28. The quantitative estimate of drug-likeness (QED) is 0.496. The van der Waals surface area contributed by atoms with Gasteiger partial charge in [-0.15, -0.1) is 0 Å². The van der Waals surface area contributed by atoms with E-state index in [4.69, 9.17) is 4.74 Å². The maximum Gasteiger partial charge on any atom is 0.266 e. The van der Waals surface area contributed by atoms with Gasteiger partial charge in [0.2, 0.25) is 5.91 Å². The number of halogens is 1. The lowest BCUT2D eigenvalue weighted by Gasteiger charge is -2.36. The zero-order valence-corrected chi connectivity index (χ0v) is 20.7. The largest absolute Gasteiger partial charge is 0.456 e. The van der Waals surface area contributed by atoms with Crippen molar-refractivity contribution in [2.75, 3.05) is 24.7 Å². The molecule has 0 spiro atoms. The van der Waals surface area contributed by atoms with Crippen LogP contribution in [-0.2, 0) is 14.6 Å². The highest BCUT2D eigenvalue weighted by Crippen LogP contribution is 2.28. The van der Waals surface area contributed by atoms with Crippen LogP contribution < -0.4 is 15.6 Å². The van der Waals surface area contributed by atoms with Crippen LogP contribution >= 0.6 is 0 Å². The molecule has 0 bridgehead atoms. The summed E-state index contributed by atoms with van der Waals surface area (Å²) in [6.45, 7) is 3.06. The fourth-order valence-electron chi connectivity index (χ4n) is 4.17. The Morgan fingerprint density at radius 1 is 1.22 bits per heavy atom. The fourth-order valence-corrected chi connectivity index (χ4v) is 4.92. The van der Waals surface area contributed by atoms with E-state index < -0.39 is 21.4 Å². The number of amides is 1. The zero-order chi connectivity index (χ0) is 25.9. The van der Waals surface area contributed by atoms with Gasteiger partial charge in [0, 0.05) is 19.0 Å². The molecule has 3 aromatic rings. The summed E-state index contributed by atoms with van der Waals surface area (Å²) < 4.78 is 42.5. The number of aromatic amines is 1. The molecule has 1 aliphatic heterocycles. The van der Waals surface area contributed by atoms with E-state index in [1.165, 1.54) is 36.5 Å². The van der Waals surface area contributed by atoms with Crippen molar-refractivity contribution in [1.29, 1.82) is 0 Å². The molecule has 0 aliphatic carbocycles. The van der Waals surface area contributed by atoms with E-state index in [9.17, 15) is 22.4 Å².